The second-order valence-electron chi connectivity index (χ2n) is 7.96. The van der Waals surface area contributed by atoms with E-state index in [4.69, 9.17) is 14.6 Å². The molecule has 0 saturated carbocycles. The van der Waals surface area contributed by atoms with Crippen molar-refractivity contribution < 1.29 is 24.5 Å². The molecule has 13 heteroatoms. The molecule has 5 rings (SSSR count). The number of ether oxygens (including phenoxy) is 1. The quantitative estimate of drug-likeness (QED) is 0.279. The van der Waals surface area contributed by atoms with Crippen LogP contribution in [-0.2, 0) is 16.1 Å². The highest BCUT2D eigenvalue weighted by Crippen LogP contribution is 2.32. The lowest BCUT2D eigenvalue weighted by Gasteiger charge is -2.39. The normalized spacial score (nSPS) is 13.9. The van der Waals surface area contributed by atoms with Crippen molar-refractivity contribution in [1.82, 2.24) is 29.9 Å². The maximum absolute atomic E-state index is 13.0. The van der Waals surface area contributed by atoms with Crippen molar-refractivity contribution in [3.05, 3.63) is 53.6 Å². The second kappa shape index (κ2) is 10.5. The number of hydrogen-bond donors (Lipinski definition) is 4. The van der Waals surface area contributed by atoms with E-state index in [0.717, 1.165) is 16.3 Å². The van der Waals surface area contributed by atoms with Gasteiger partial charge in [-0.3, -0.25) is 24.4 Å². The molecule has 1 amide bonds. The Balaban J connectivity index is 0.000000917. The van der Waals surface area contributed by atoms with E-state index in [1.807, 2.05) is 25.1 Å². The smallest absolute Gasteiger partial charge is 0.290 e. The molecule has 0 unspecified atom stereocenters. The number of pyridine rings is 1. The van der Waals surface area contributed by atoms with Crippen LogP contribution in [0.25, 0.3) is 22.0 Å². The molecular weight excluding hydrogens is 474 g/mol. The molecule has 5 heterocycles. The van der Waals surface area contributed by atoms with Gasteiger partial charge < -0.3 is 20.3 Å². The van der Waals surface area contributed by atoms with Crippen LogP contribution in [-0.4, -0.2) is 72.4 Å². The van der Waals surface area contributed by atoms with Crippen molar-refractivity contribution in [2.24, 2.45) is 5.41 Å². The Hall–Kier alpha value is -3.94. The molecule has 12 nitrogen and oxygen atoms in total. The van der Waals surface area contributed by atoms with Gasteiger partial charge in [0.1, 0.15) is 16.4 Å². The van der Waals surface area contributed by atoms with Crippen molar-refractivity contribution in [3.63, 3.8) is 0 Å². The molecule has 0 spiro atoms. The van der Waals surface area contributed by atoms with E-state index in [9.17, 15) is 9.90 Å². The molecular formula is C22H23N7O5S. The number of carboxylic acid groups (broad SMARTS) is 1. The number of carbonyl (C=O) groups excluding carboxylic acids is 1. The predicted octanol–water partition coefficient (Wildman–Crippen LogP) is 2.06. The molecule has 0 radical (unpaired) electrons. The Morgan fingerprint density at radius 3 is 2.80 bits per heavy atom. The first-order valence-corrected chi connectivity index (χ1v) is 11.4. The number of anilines is 1. The molecule has 35 heavy (non-hydrogen) atoms. The van der Waals surface area contributed by atoms with Crippen LogP contribution in [0.5, 0.6) is 0 Å². The average molecular weight is 498 g/mol. The Morgan fingerprint density at radius 2 is 2.20 bits per heavy atom. The number of aromatic nitrogens is 6. The predicted molar refractivity (Wildman–Crippen MR) is 127 cm³/mol. The number of nitrogens with zero attached hydrogens (tertiary/aromatic N) is 5. The second-order valence-corrected chi connectivity index (χ2v) is 8.82. The van der Waals surface area contributed by atoms with Gasteiger partial charge in [-0.25, -0.2) is 4.98 Å². The van der Waals surface area contributed by atoms with Crippen molar-refractivity contribution in [2.75, 3.05) is 25.1 Å². The van der Waals surface area contributed by atoms with Crippen molar-refractivity contribution >= 4 is 29.4 Å². The summed E-state index contributed by atoms with van der Waals surface area (Å²) in [5, 5.41) is 33.5. The fraction of sp³-hybridized carbons (Fsp3) is 0.273. The van der Waals surface area contributed by atoms with Gasteiger partial charge in [0.2, 0.25) is 0 Å². The van der Waals surface area contributed by atoms with E-state index < -0.39 is 0 Å². The lowest BCUT2D eigenvalue weighted by molar-refractivity contribution is -0.146. The van der Waals surface area contributed by atoms with Gasteiger partial charge in [-0.05, 0) is 19.1 Å². The van der Waals surface area contributed by atoms with Crippen molar-refractivity contribution in [2.45, 2.75) is 13.5 Å². The van der Waals surface area contributed by atoms with E-state index in [0.29, 0.717) is 42.5 Å². The first-order valence-electron chi connectivity index (χ1n) is 10.5. The molecule has 0 atom stereocenters. The molecule has 0 bridgehead atoms. The molecule has 4 aromatic rings. The minimum atomic E-state index is -0.360. The first-order chi connectivity index (χ1) is 17.0. The molecule has 0 aromatic carbocycles. The lowest BCUT2D eigenvalue weighted by atomic mass is 9.87. The number of thiazole rings is 1. The molecule has 1 fully saturated rings. The van der Waals surface area contributed by atoms with Crippen LogP contribution in [0.1, 0.15) is 16.2 Å². The summed E-state index contributed by atoms with van der Waals surface area (Å²) in [7, 11) is 0. The number of hydrogen-bond acceptors (Lipinski definition) is 9. The summed E-state index contributed by atoms with van der Waals surface area (Å²) >= 11 is 1.38. The molecule has 1 saturated heterocycles. The lowest BCUT2D eigenvalue weighted by Crippen LogP contribution is -2.48. The Labute approximate surface area is 203 Å². The summed E-state index contributed by atoms with van der Waals surface area (Å²) in [5.41, 5.74) is 3.42. The van der Waals surface area contributed by atoms with Crippen LogP contribution in [0, 0.1) is 12.3 Å². The minimum Gasteiger partial charge on any atom is -0.483 e. The number of aliphatic hydroxyl groups is 1. The largest absolute Gasteiger partial charge is 0.483 e. The summed E-state index contributed by atoms with van der Waals surface area (Å²) in [6.07, 6.45) is 5.13. The fourth-order valence-corrected chi connectivity index (χ4v) is 4.37. The molecule has 0 aliphatic carbocycles. The maximum Gasteiger partial charge on any atom is 0.290 e. The Kier molecular flexibility index (Phi) is 7.29. The summed E-state index contributed by atoms with van der Waals surface area (Å²) in [4.78, 5) is 30.2. The van der Waals surface area contributed by atoms with Crippen LogP contribution < -0.4 is 5.32 Å². The molecule has 4 N–H and O–H groups in total. The Morgan fingerprint density at radius 1 is 1.40 bits per heavy atom. The highest BCUT2D eigenvalue weighted by molar-refractivity contribution is 7.13. The van der Waals surface area contributed by atoms with Gasteiger partial charge in [-0.15, -0.1) is 11.3 Å². The summed E-state index contributed by atoms with van der Waals surface area (Å²) in [6, 6.07) is 5.51. The number of carbonyl (C=O) groups is 2. The van der Waals surface area contributed by atoms with E-state index in [1.165, 1.54) is 11.3 Å². The highest BCUT2D eigenvalue weighted by atomic mass is 32.1. The molecule has 4 aromatic heterocycles. The third kappa shape index (κ3) is 5.26. The highest BCUT2D eigenvalue weighted by Gasteiger charge is 2.39. The number of aliphatic hydroxyl groups excluding tert-OH is 1. The van der Waals surface area contributed by atoms with Crippen molar-refractivity contribution in [3.8, 4) is 22.0 Å². The van der Waals surface area contributed by atoms with Crippen LogP contribution in [0.4, 0.5) is 5.69 Å². The van der Waals surface area contributed by atoms with E-state index in [-0.39, 0.29) is 24.4 Å². The molecule has 182 valence electrons. The number of amides is 1. The zero-order chi connectivity index (χ0) is 24.8. The van der Waals surface area contributed by atoms with Gasteiger partial charge in [0.05, 0.1) is 54.9 Å². The van der Waals surface area contributed by atoms with E-state index in [1.54, 1.807) is 28.7 Å². The van der Waals surface area contributed by atoms with Crippen LogP contribution in [0.2, 0.25) is 0 Å². The molecule has 1 aliphatic heterocycles. The standard InChI is InChI=1S/C21H21N7O3S.CH2O2/c1-13-14(6-23-26-13)20-25-17(8-32-20)19(30)24-16-7-28(9-21(10-29)11-31-12-21)27-18(16)15-4-2-3-5-22-15;2-1-3/h2-8,29H,9-12H2,1H3,(H,23,26)(H,24,30);1H,(H,2,3). The average Bonchev–Trinajstić information content (AvgIpc) is 3.57. The van der Waals surface area contributed by atoms with Crippen molar-refractivity contribution in [1.29, 1.82) is 0 Å². The third-order valence-corrected chi connectivity index (χ3v) is 6.24. The topological polar surface area (TPSA) is 168 Å². The zero-order valence-electron chi connectivity index (χ0n) is 18.7. The van der Waals surface area contributed by atoms with Crippen LogP contribution in [0.3, 0.4) is 0 Å². The maximum atomic E-state index is 13.0. The molecule has 1 aliphatic rings. The zero-order valence-corrected chi connectivity index (χ0v) is 19.5. The van der Waals surface area contributed by atoms with Gasteiger partial charge in [0.15, 0.2) is 0 Å². The first kappa shape index (κ1) is 24.2. The fourth-order valence-electron chi connectivity index (χ4n) is 3.51. The van der Waals surface area contributed by atoms with Gasteiger partial charge >= 0.3 is 0 Å². The monoisotopic (exact) mass is 497 g/mol. The van der Waals surface area contributed by atoms with Gasteiger partial charge in [-0.2, -0.15) is 10.2 Å². The van der Waals surface area contributed by atoms with E-state index >= 15 is 0 Å². The number of rotatable bonds is 7. The van der Waals surface area contributed by atoms with Gasteiger partial charge in [0.25, 0.3) is 12.4 Å². The number of aryl methyl sites for hydroxylation is 1. The minimum absolute atomic E-state index is 0.00248. The summed E-state index contributed by atoms with van der Waals surface area (Å²) in [6.45, 7) is 3.07. The van der Waals surface area contributed by atoms with Gasteiger partial charge in [-0.1, -0.05) is 6.07 Å². The summed E-state index contributed by atoms with van der Waals surface area (Å²) in [5.74, 6) is -0.339. The van der Waals surface area contributed by atoms with Crippen LogP contribution >= 0.6 is 11.3 Å². The van der Waals surface area contributed by atoms with E-state index in [2.05, 4.69) is 30.6 Å². The Bertz CT molecular complexity index is 1290. The summed E-state index contributed by atoms with van der Waals surface area (Å²) < 4.78 is 7.01. The van der Waals surface area contributed by atoms with Crippen LogP contribution in [0.15, 0.2) is 42.2 Å². The number of aromatic amines is 1. The number of H-pyrrole nitrogens is 1. The van der Waals surface area contributed by atoms with Gasteiger partial charge in [0, 0.05) is 23.5 Å². The SMILES string of the molecule is Cc1[nH]ncc1-c1nc(C(=O)Nc2cn(CC3(CO)COC3)nc2-c2ccccn2)cs1.O=CO. The third-order valence-electron chi connectivity index (χ3n) is 5.36. The number of nitrogens with one attached hydrogen (secondary N) is 2.